The van der Waals surface area contributed by atoms with E-state index in [1.807, 2.05) is 31.2 Å². The van der Waals surface area contributed by atoms with Crippen molar-refractivity contribution >= 4 is 0 Å². The van der Waals surface area contributed by atoms with Crippen molar-refractivity contribution in [3.63, 3.8) is 0 Å². The Hall–Kier alpha value is -1.22. The molecule has 2 rings (SSSR count). The average molecular weight is 263 g/mol. The highest BCUT2D eigenvalue weighted by Crippen LogP contribution is 2.22. The molecule has 0 bridgehead atoms. The first-order chi connectivity index (χ1) is 9.19. The Balaban J connectivity index is 1.87. The number of hydrogen-bond acceptors (Lipinski definition) is 3. The van der Waals surface area contributed by atoms with E-state index in [9.17, 15) is 0 Å². The molecule has 0 aromatic heterocycles. The highest BCUT2D eigenvalue weighted by Gasteiger charge is 2.23. The van der Waals surface area contributed by atoms with Gasteiger partial charge in [-0.25, -0.2) is 0 Å². The molecule has 1 atom stereocenters. The fourth-order valence-corrected chi connectivity index (χ4v) is 1.94. The zero-order valence-electron chi connectivity index (χ0n) is 12.2. The van der Waals surface area contributed by atoms with Gasteiger partial charge in [-0.2, -0.15) is 0 Å². The molecule has 3 heteroatoms. The van der Waals surface area contributed by atoms with Gasteiger partial charge in [0, 0.05) is 12.6 Å². The summed E-state index contributed by atoms with van der Waals surface area (Å²) in [6, 6.07) is 8.62. The van der Waals surface area contributed by atoms with E-state index in [4.69, 9.17) is 9.47 Å². The highest BCUT2D eigenvalue weighted by molar-refractivity contribution is 5.31. The summed E-state index contributed by atoms with van der Waals surface area (Å²) < 4.78 is 11.5. The molecule has 3 nitrogen and oxygen atoms in total. The maximum Gasteiger partial charge on any atom is 0.120 e. The number of nitrogens with one attached hydrogen (secondary N) is 1. The minimum absolute atomic E-state index is 0.221. The van der Waals surface area contributed by atoms with Gasteiger partial charge in [0.25, 0.3) is 0 Å². The number of rotatable bonds is 8. The van der Waals surface area contributed by atoms with Crippen molar-refractivity contribution in [2.24, 2.45) is 5.92 Å². The molecule has 0 aliphatic heterocycles. The molecular weight excluding hydrogens is 238 g/mol. The van der Waals surface area contributed by atoms with Crippen LogP contribution in [0.5, 0.6) is 11.5 Å². The van der Waals surface area contributed by atoms with Crippen LogP contribution >= 0.6 is 0 Å². The molecule has 1 aliphatic rings. The van der Waals surface area contributed by atoms with Crippen LogP contribution in [-0.4, -0.2) is 25.3 Å². The zero-order chi connectivity index (χ0) is 13.7. The average Bonchev–Trinajstić information content (AvgIpc) is 3.20. The van der Waals surface area contributed by atoms with Crippen LogP contribution in [0, 0.1) is 5.92 Å². The number of ether oxygens (including phenoxy) is 2. The molecular formula is C16H25NO2. The van der Waals surface area contributed by atoms with E-state index in [-0.39, 0.29) is 6.10 Å². The molecule has 0 radical (unpaired) electrons. The molecule has 1 aromatic carbocycles. The molecule has 0 heterocycles. The van der Waals surface area contributed by atoms with Gasteiger partial charge in [0.15, 0.2) is 0 Å². The van der Waals surface area contributed by atoms with Crippen molar-refractivity contribution in [1.82, 2.24) is 5.32 Å². The van der Waals surface area contributed by atoms with E-state index in [0.29, 0.717) is 12.5 Å². The maximum absolute atomic E-state index is 6.07. The van der Waals surface area contributed by atoms with Crippen molar-refractivity contribution < 1.29 is 9.47 Å². The standard InChI is InChI=1S/C16H25NO2/c1-4-18-14-7-9-15(10-8-14)19-16(12(2)3)11-17-13-5-6-13/h7-10,12-13,16-17H,4-6,11H2,1-3H3. The minimum Gasteiger partial charge on any atom is -0.494 e. The monoisotopic (exact) mass is 263 g/mol. The molecule has 1 aliphatic carbocycles. The maximum atomic E-state index is 6.07. The van der Waals surface area contributed by atoms with Crippen LogP contribution in [0.25, 0.3) is 0 Å². The van der Waals surface area contributed by atoms with Crippen LogP contribution in [0.1, 0.15) is 33.6 Å². The van der Waals surface area contributed by atoms with Crippen LogP contribution < -0.4 is 14.8 Å². The van der Waals surface area contributed by atoms with Gasteiger partial charge in [-0.1, -0.05) is 13.8 Å². The van der Waals surface area contributed by atoms with Crippen LogP contribution in [0.3, 0.4) is 0 Å². The fraction of sp³-hybridized carbons (Fsp3) is 0.625. The lowest BCUT2D eigenvalue weighted by Crippen LogP contribution is -2.36. The largest absolute Gasteiger partial charge is 0.494 e. The van der Waals surface area contributed by atoms with E-state index < -0.39 is 0 Å². The third-order valence-corrected chi connectivity index (χ3v) is 3.35. The van der Waals surface area contributed by atoms with Gasteiger partial charge in [0.2, 0.25) is 0 Å². The Kier molecular flexibility index (Phi) is 5.08. The van der Waals surface area contributed by atoms with Crippen molar-refractivity contribution in [2.75, 3.05) is 13.2 Å². The van der Waals surface area contributed by atoms with Gasteiger partial charge in [-0.05, 0) is 49.9 Å². The van der Waals surface area contributed by atoms with Crippen LogP contribution in [0.4, 0.5) is 0 Å². The number of hydrogen-bond donors (Lipinski definition) is 1. The van der Waals surface area contributed by atoms with Gasteiger partial charge in [0.05, 0.1) is 6.61 Å². The first-order valence-electron chi connectivity index (χ1n) is 7.32. The summed E-state index contributed by atoms with van der Waals surface area (Å²) in [6.07, 6.45) is 2.85. The smallest absolute Gasteiger partial charge is 0.120 e. The summed E-state index contributed by atoms with van der Waals surface area (Å²) in [6.45, 7) is 8.01. The highest BCUT2D eigenvalue weighted by atomic mass is 16.5. The molecule has 106 valence electrons. The minimum atomic E-state index is 0.221. The first kappa shape index (κ1) is 14.2. The lowest BCUT2D eigenvalue weighted by molar-refractivity contribution is 0.148. The first-order valence-corrected chi connectivity index (χ1v) is 7.32. The third-order valence-electron chi connectivity index (χ3n) is 3.35. The quantitative estimate of drug-likeness (QED) is 0.781. The Labute approximate surface area is 116 Å². The normalized spacial score (nSPS) is 16.4. The summed E-state index contributed by atoms with van der Waals surface area (Å²) >= 11 is 0. The summed E-state index contributed by atoms with van der Waals surface area (Å²) in [5.74, 6) is 2.31. The van der Waals surface area contributed by atoms with E-state index in [2.05, 4.69) is 19.2 Å². The summed E-state index contributed by atoms with van der Waals surface area (Å²) in [4.78, 5) is 0. The molecule has 0 saturated heterocycles. The molecule has 1 N–H and O–H groups in total. The lowest BCUT2D eigenvalue weighted by atomic mass is 10.1. The summed E-state index contributed by atoms with van der Waals surface area (Å²) in [5, 5.41) is 3.54. The van der Waals surface area contributed by atoms with Crippen LogP contribution in [0.2, 0.25) is 0 Å². The van der Waals surface area contributed by atoms with Crippen LogP contribution in [0.15, 0.2) is 24.3 Å². The topological polar surface area (TPSA) is 30.5 Å². The molecule has 1 fully saturated rings. The van der Waals surface area contributed by atoms with Gasteiger partial charge in [0.1, 0.15) is 17.6 Å². The van der Waals surface area contributed by atoms with Crippen molar-refractivity contribution in [3.8, 4) is 11.5 Å². The third kappa shape index (κ3) is 4.75. The predicted octanol–water partition coefficient (Wildman–Crippen LogP) is 3.24. The van der Waals surface area contributed by atoms with Crippen molar-refractivity contribution in [2.45, 2.75) is 45.8 Å². The Morgan fingerprint density at radius 2 is 1.79 bits per heavy atom. The van der Waals surface area contributed by atoms with E-state index in [1.165, 1.54) is 12.8 Å². The molecule has 1 unspecified atom stereocenters. The molecule has 0 amide bonds. The van der Waals surface area contributed by atoms with E-state index in [0.717, 1.165) is 24.1 Å². The SMILES string of the molecule is CCOc1ccc(OC(CNC2CC2)C(C)C)cc1. The van der Waals surface area contributed by atoms with Crippen molar-refractivity contribution in [3.05, 3.63) is 24.3 Å². The Morgan fingerprint density at radius 1 is 1.16 bits per heavy atom. The van der Waals surface area contributed by atoms with E-state index >= 15 is 0 Å². The summed E-state index contributed by atoms with van der Waals surface area (Å²) in [7, 11) is 0. The molecule has 0 spiro atoms. The van der Waals surface area contributed by atoms with Gasteiger partial charge >= 0.3 is 0 Å². The van der Waals surface area contributed by atoms with Crippen LogP contribution in [-0.2, 0) is 0 Å². The second kappa shape index (κ2) is 6.80. The van der Waals surface area contributed by atoms with E-state index in [1.54, 1.807) is 0 Å². The van der Waals surface area contributed by atoms with Gasteiger partial charge in [-0.3, -0.25) is 0 Å². The number of benzene rings is 1. The fourth-order valence-electron chi connectivity index (χ4n) is 1.94. The Bertz CT molecular complexity index is 371. The second-order valence-electron chi connectivity index (χ2n) is 5.49. The lowest BCUT2D eigenvalue weighted by Gasteiger charge is -2.23. The molecule has 1 aromatic rings. The second-order valence-corrected chi connectivity index (χ2v) is 5.49. The Morgan fingerprint density at radius 3 is 2.32 bits per heavy atom. The van der Waals surface area contributed by atoms with Gasteiger partial charge < -0.3 is 14.8 Å². The summed E-state index contributed by atoms with van der Waals surface area (Å²) in [5.41, 5.74) is 0. The molecule has 1 saturated carbocycles. The predicted molar refractivity (Wildman–Crippen MR) is 77.9 cm³/mol. The molecule has 19 heavy (non-hydrogen) atoms. The zero-order valence-corrected chi connectivity index (χ0v) is 12.2. The van der Waals surface area contributed by atoms with Gasteiger partial charge in [-0.15, -0.1) is 0 Å². The van der Waals surface area contributed by atoms with Crippen molar-refractivity contribution in [1.29, 1.82) is 0 Å².